The van der Waals surface area contributed by atoms with Crippen LogP contribution in [0.15, 0.2) is 240 Å². The minimum absolute atomic E-state index is 0.0168. The molecule has 624 valence electrons. The van der Waals surface area contributed by atoms with Crippen LogP contribution in [0.4, 0.5) is 0 Å². The Morgan fingerprint density at radius 3 is 1.10 bits per heavy atom. The smallest absolute Gasteiger partial charge is 0.255 e. The maximum Gasteiger partial charge on any atom is 0.255 e. The van der Waals surface area contributed by atoms with E-state index >= 15 is 0 Å². The van der Waals surface area contributed by atoms with Crippen molar-refractivity contribution < 1.29 is 38.2 Å². The number of nitrogens with zero attached hydrogens (tertiary/aromatic N) is 5. The largest absolute Gasteiger partial charge is 0.496 e. The van der Waals surface area contributed by atoms with Crippen molar-refractivity contribution in [2.24, 2.45) is 5.73 Å². The number of amides is 6. The molecule has 26 heteroatoms. The van der Waals surface area contributed by atoms with Gasteiger partial charge in [-0.25, -0.2) is 0 Å². The summed E-state index contributed by atoms with van der Waals surface area (Å²) in [4.78, 5) is 87.7. The molecule has 0 atom stereocenters. The van der Waals surface area contributed by atoms with Crippen molar-refractivity contribution in [3.8, 4) is 17.6 Å². The first-order chi connectivity index (χ1) is 57.6. The van der Waals surface area contributed by atoms with Crippen molar-refractivity contribution >= 4 is 127 Å². The van der Waals surface area contributed by atoms with Crippen LogP contribution in [0, 0.1) is 11.3 Å². The second kappa shape index (κ2) is 49.0. The van der Waals surface area contributed by atoms with E-state index in [9.17, 15) is 34.0 Å². The summed E-state index contributed by atoms with van der Waals surface area (Å²) >= 11 is 28.8. The van der Waals surface area contributed by atoms with Gasteiger partial charge < -0.3 is 56.1 Å². The van der Waals surface area contributed by atoms with Gasteiger partial charge in [0.1, 0.15) is 11.5 Å². The first-order valence-electron chi connectivity index (χ1n) is 39.7. The lowest BCUT2D eigenvalue weighted by atomic mass is 9.76. The van der Waals surface area contributed by atoms with Crippen LogP contribution in [0.25, 0.3) is 0 Å². The highest BCUT2D eigenvalue weighted by Gasteiger charge is 2.42. The summed E-state index contributed by atoms with van der Waals surface area (Å²) in [6.45, 7) is 10.7. The van der Waals surface area contributed by atoms with Crippen LogP contribution in [0.5, 0.6) is 11.5 Å². The number of piperidine rings is 4. The van der Waals surface area contributed by atoms with E-state index in [0.29, 0.717) is 123 Å². The van der Waals surface area contributed by atoms with Gasteiger partial charge in [0.2, 0.25) is 0 Å². The molecule has 4 aliphatic rings. The summed E-state index contributed by atoms with van der Waals surface area (Å²) in [6.07, 6.45) is 7.01. The number of methoxy groups -OCH3 is 2. The van der Waals surface area contributed by atoms with E-state index in [4.69, 9.17) is 61.6 Å². The van der Waals surface area contributed by atoms with E-state index < -0.39 is 5.41 Å². The van der Waals surface area contributed by atoms with Crippen molar-refractivity contribution in [1.29, 1.82) is 5.26 Å². The first-order valence-corrected chi connectivity index (χ1v) is 45.4. The lowest BCUT2D eigenvalue weighted by Gasteiger charge is -2.41. The highest BCUT2D eigenvalue weighted by Crippen LogP contribution is 2.42. The zero-order valence-corrected chi connectivity index (χ0v) is 73.2. The van der Waals surface area contributed by atoms with Gasteiger partial charge in [-0.3, -0.25) is 28.8 Å². The molecule has 10 aromatic rings. The Hall–Kier alpha value is -8.93. The number of nitrogens with one attached hydrogen (secondary N) is 4. The van der Waals surface area contributed by atoms with Gasteiger partial charge in [-0.1, -0.05) is 121 Å². The molecule has 0 spiro atoms. The topological polar surface area (TPSA) is 232 Å². The van der Waals surface area contributed by atoms with Crippen LogP contribution in [-0.2, 0) is 21.7 Å². The summed E-state index contributed by atoms with van der Waals surface area (Å²) in [5.74, 6) is 3.39. The maximum absolute atomic E-state index is 12.9. The van der Waals surface area contributed by atoms with Crippen LogP contribution in [-0.4, -0.2) is 191 Å². The second-order valence-corrected chi connectivity index (χ2v) is 34.1. The Morgan fingerprint density at radius 1 is 0.432 bits per heavy atom. The number of nitriles is 1. The van der Waals surface area contributed by atoms with Gasteiger partial charge in [0.05, 0.1) is 36.8 Å². The molecular formula is C92H106Cl4N10O8S4. The maximum atomic E-state index is 12.9. The van der Waals surface area contributed by atoms with E-state index in [1.807, 2.05) is 178 Å². The number of benzene rings is 6. The number of carbonyl (C=O) groups excluding carboxylic acids is 6. The summed E-state index contributed by atoms with van der Waals surface area (Å²) in [7, 11) is 3.16. The van der Waals surface area contributed by atoms with E-state index in [2.05, 4.69) is 73.8 Å². The average molecular weight is 1750 g/mol. The molecule has 6 aromatic carbocycles. The van der Waals surface area contributed by atoms with Crippen LogP contribution < -0.4 is 36.5 Å². The van der Waals surface area contributed by atoms with Crippen LogP contribution in [0.2, 0.25) is 0 Å². The summed E-state index contributed by atoms with van der Waals surface area (Å²) in [6, 6.07) is 71.2. The lowest BCUT2D eigenvalue weighted by Crippen LogP contribution is -2.50. The zero-order chi connectivity index (χ0) is 83.9. The first kappa shape index (κ1) is 92.9. The van der Waals surface area contributed by atoms with Crippen LogP contribution >= 0.6 is 91.8 Å². The van der Waals surface area contributed by atoms with Crippen molar-refractivity contribution in [1.82, 2.24) is 40.9 Å². The van der Waals surface area contributed by atoms with Gasteiger partial charge >= 0.3 is 0 Å². The monoisotopic (exact) mass is 1750 g/mol. The fraction of sp³-hybridized carbons (Fsp3) is 0.359. The molecule has 4 aliphatic heterocycles. The Kier molecular flexibility index (Phi) is 38.6. The molecule has 6 N–H and O–H groups in total. The number of hydrogen-bond acceptors (Lipinski definition) is 16. The number of hydrogen-bond donors (Lipinski definition) is 5. The molecular weight excluding hydrogens is 1640 g/mol. The van der Waals surface area contributed by atoms with Gasteiger partial charge in [0, 0.05) is 167 Å². The number of nitrogens with two attached hydrogens (primary N) is 1. The summed E-state index contributed by atoms with van der Waals surface area (Å²) in [5.41, 5.74) is 9.57. The molecule has 4 aromatic heterocycles. The molecule has 0 unspecified atom stereocenters. The summed E-state index contributed by atoms with van der Waals surface area (Å²) < 4.78 is 10.6. The van der Waals surface area contributed by atoms with Crippen molar-refractivity contribution in [2.75, 3.05) is 136 Å². The van der Waals surface area contributed by atoms with Crippen molar-refractivity contribution in [3.63, 3.8) is 0 Å². The number of halogens is 4. The lowest BCUT2D eigenvalue weighted by molar-refractivity contribution is 0.0656. The number of para-hydroxylation sites is 2. The number of thiophene rings is 4. The predicted octanol–water partition coefficient (Wildman–Crippen LogP) is 17.2. The third-order valence-electron chi connectivity index (χ3n) is 21.7. The minimum atomic E-state index is -0.415. The highest BCUT2D eigenvalue weighted by molar-refractivity contribution is 7.11. The van der Waals surface area contributed by atoms with Gasteiger partial charge in [-0.05, 0) is 183 Å². The average Bonchev–Trinajstić information content (AvgIpc) is 1.36. The molecule has 0 radical (unpaired) electrons. The molecule has 0 bridgehead atoms. The number of ether oxygens (including phenoxy) is 2. The Labute approximate surface area is 730 Å². The summed E-state index contributed by atoms with van der Waals surface area (Å²) in [5, 5.41) is 30.6. The van der Waals surface area contributed by atoms with Gasteiger partial charge in [-0.2, -0.15) is 5.26 Å². The fourth-order valence-corrected chi connectivity index (χ4v) is 19.3. The third kappa shape index (κ3) is 26.0. The second-order valence-electron chi connectivity index (χ2n) is 28.8. The molecule has 8 heterocycles. The molecule has 118 heavy (non-hydrogen) atoms. The minimum Gasteiger partial charge on any atom is -0.496 e. The SMILES string of the molecule is COc1ccccc1C(=O)NCC1(c2cccs2)CCN(C(=O)c2ccccc2)CC1.COc1ccccc1C(=O)NCC1(c2cccs2)CCNCC1.ClCCNCCCl.N#CC1(c2cccs2)CCN(C(=O)c2ccccc2)CC1.NCC1(c2cccs2)CCN(C(=O)c2ccccc2)CC1.O=C(c1ccccc1)N(CCCl)CCCl. The molecule has 18 nitrogen and oxygen atoms in total. The standard InChI is InChI=1S/C25H26N2O3S.C18H22N2O2S.C17H20N2OS.C17H16N2OS.C11H13Cl2NO.C4H9Cl2N/c1-30-21-11-6-5-10-20(21)23(28)26-18-25(22-12-7-17-31-22)13-15-27(16-14-25)24(29)19-8-3-2-4-9-19;1-22-15-6-3-2-5-14(15)17(21)20-13-18(8-10-19-11-9-18)16-7-4-12-23-16;2*18-13-17(15-7-4-12-21-15)8-10-19(11-9-17)16(20)14-5-2-1-3-6-14;12-6-8-14(9-7-13)11(15)10-4-2-1-3-5-10;5-1-3-7-4-2-6/h2-12,17H,13-16,18H2,1H3,(H,26,28);2-7,12,19H,8-11,13H2,1H3,(H,20,21);1-7,12H,8-11,13,18H2;1-7,12H,8-11H2;1-5H,6-9H2;7H,1-4H2. The normalized spacial score (nSPS) is 15.3. The third-order valence-corrected chi connectivity index (χ3v) is 26.8. The van der Waals surface area contributed by atoms with Crippen molar-refractivity contribution in [3.05, 3.63) is 293 Å². The predicted molar refractivity (Wildman–Crippen MR) is 484 cm³/mol. The Bertz CT molecular complexity index is 4630. The fourth-order valence-electron chi connectivity index (χ4n) is 14.7. The van der Waals surface area contributed by atoms with E-state index in [0.717, 1.165) is 99.4 Å². The van der Waals surface area contributed by atoms with Crippen LogP contribution in [0.1, 0.15) is 133 Å². The van der Waals surface area contributed by atoms with Crippen molar-refractivity contribution in [2.45, 2.75) is 73.0 Å². The quantitative estimate of drug-likeness (QED) is 0.0266. The molecule has 0 aliphatic carbocycles. The van der Waals surface area contributed by atoms with Gasteiger partial charge in [0.25, 0.3) is 35.4 Å². The number of likely N-dealkylation sites (tertiary alicyclic amines) is 3. The van der Waals surface area contributed by atoms with E-state index in [-0.39, 0.29) is 51.7 Å². The molecule has 4 saturated heterocycles. The molecule has 4 fully saturated rings. The molecule has 14 rings (SSSR count). The molecule has 0 saturated carbocycles. The zero-order valence-electron chi connectivity index (χ0n) is 66.9. The van der Waals surface area contributed by atoms with Gasteiger partial charge in [0.15, 0.2) is 0 Å². The van der Waals surface area contributed by atoms with Crippen LogP contribution in [0.3, 0.4) is 0 Å². The van der Waals surface area contributed by atoms with Gasteiger partial charge in [-0.15, -0.1) is 91.8 Å². The van der Waals surface area contributed by atoms with E-state index in [1.165, 1.54) is 14.6 Å². The highest BCUT2D eigenvalue weighted by atomic mass is 35.5. The molecule has 6 amide bonds. The Balaban J connectivity index is 0.000000167. The number of rotatable bonds is 25. The number of alkyl halides is 4. The number of carbonyl (C=O) groups is 6. The Morgan fingerprint density at radius 2 is 0.763 bits per heavy atom. The van der Waals surface area contributed by atoms with E-state index in [1.54, 1.807) is 94.8 Å².